The average molecular weight is 541 g/mol. The zero-order valence-electron chi connectivity index (χ0n) is 22.8. The summed E-state index contributed by atoms with van der Waals surface area (Å²) in [5.41, 5.74) is 0. The van der Waals surface area contributed by atoms with E-state index in [1.165, 1.54) is 0 Å². The normalized spacial score (nSPS) is 17.7. The summed E-state index contributed by atoms with van der Waals surface area (Å²) in [6.45, 7) is 5.17. The van der Waals surface area contributed by atoms with Crippen molar-refractivity contribution in [2.75, 3.05) is 52.7 Å². The lowest BCUT2D eigenvalue weighted by Crippen LogP contribution is -2.58. The first-order valence-corrected chi connectivity index (χ1v) is 13.8. The van der Waals surface area contributed by atoms with Crippen LogP contribution in [-0.2, 0) is 33.4 Å². The van der Waals surface area contributed by atoms with Crippen LogP contribution in [0.15, 0.2) is 0 Å². The number of esters is 1. The number of morpholine rings is 1. The maximum absolute atomic E-state index is 13.4. The lowest BCUT2D eigenvalue weighted by Gasteiger charge is -2.31. The van der Waals surface area contributed by atoms with Crippen LogP contribution in [-0.4, -0.2) is 99.3 Å². The Hall–Kier alpha value is -2.73. The van der Waals surface area contributed by atoms with Gasteiger partial charge in [0.05, 0.1) is 26.4 Å². The number of Topliss-reactive ketones (excluding diaryl/α,β-unsaturated/α-hetero) is 1. The fourth-order valence-corrected chi connectivity index (χ4v) is 4.51. The summed E-state index contributed by atoms with van der Waals surface area (Å²) in [7, 11) is 0. The van der Waals surface area contributed by atoms with E-state index in [9.17, 15) is 24.0 Å². The largest absolute Gasteiger partial charge is 0.465 e. The number of ketones is 1. The molecule has 2 fully saturated rings. The number of carbonyl (C=O) groups is 5. The average Bonchev–Trinajstić information content (AvgIpc) is 2.93. The van der Waals surface area contributed by atoms with Gasteiger partial charge in [0, 0.05) is 19.7 Å². The van der Waals surface area contributed by atoms with Crippen molar-refractivity contribution in [1.82, 2.24) is 20.9 Å². The lowest BCUT2D eigenvalue weighted by atomic mass is 9.84. The molecular weight excluding hydrogens is 496 g/mol. The fraction of sp³-hybridized carbons (Fsp3) is 0.808. The number of unbranched alkanes of at least 4 members (excludes halogenated alkanes) is 1. The number of nitrogens with one attached hydrogen (secondary N) is 3. The van der Waals surface area contributed by atoms with Crippen LogP contribution in [0.25, 0.3) is 0 Å². The highest BCUT2D eigenvalue weighted by molar-refractivity contribution is 6.38. The van der Waals surface area contributed by atoms with E-state index in [0.717, 1.165) is 44.9 Å². The zero-order chi connectivity index (χ0) is 27.8. The van der Waals surface area contributed by atoms with Crippen molar-refractivity contribution in [3.05, 3.63) is 0 Å². The van der Waals surface area contributed by atoms with Crippen molar-refractivity contribution < 1.29 is 38.2 Å². The molecule has 0 aromatic heterocycles. The Labute approximate surface area is 224 Å². The van der Waals surface area contributed by atoms with E-state index >= 15 is 0 Å². The Kier molecular flexibility index (Phi) is 14.7. The van der Waals surface area contributed by atoms with E-state index in [-0.39, 0.29) is 25.2 Å². The smallest absolute Gasteiger partial charge is 0.325 e. The fourth-order valence-electron chi connectivity index (χ4n) is 4.51. The zero-order valence-corrected chi connectivity index (χ0v) is 22.8. The molecule has 1 heterocycles. The molecule has 216 valence electrons. The molecule has 38 heavy (non-hydrogen) atoms. The molecule has 3 N–H and O–H groups in total. The van der Waals surface area contributed by atoms with Crippen LogP contribution >= 0.6 is 0 Å². The van der Waals surface area contributed by atoms with Crippen molar-refractivity contribution in [2.24, 2.45) is 5.92 Å². The van der Waals surface area contributed by atoms with E-state index in [0.29, 0.717) is 39.3 Å². The van der Waals surface area contributed by atoms with Gasteiger partial charge >= 0.3 is 12.0 Å². The van der Waals surface area contributed by atoms with Gasteiger partial charge in [-0.2, -0.15) is 0 Å². The molecule has 1 saturated carbocycles. The Morgan fingerprint density at radius 1 is 0.974 bits per heavy atom. The van der Waals surface area contributed by atoms with Gasteiger partial charge in [0.2, 0.25) is 11.7 Å². The molecule has 0 spiro atoms. The van der Waals surface area contributed by atoms with E-state index < -0.39 is 42.2 Å². The minimum Gasteiger partial charge on any atom is -0.465 e. The summed E-state index contributed by atoms with van der Waals surface area (Å²) in [4.78, 5) is 64.9. The Morgan fingerprint density at radius 2 is 1.68 bits per heavy atom. The van der Waals surface area contributed by atoms with E-state index in [2.05, 4.69) is 16.0 Å². The second-order valence-corrected chi connectivity index (χ2v) is 9.68. The number of hydrogen-bond acceptors (Lipinski definition) is 8. The molecule has 12 heteroatoms. The Balaban J connectivity index is 2.09. The van der Waals surface area contributed by atoms with Crippen molar-refractivity contribution in [1.29, 1.82) is 0 Å². The SMILES string of the molecule is CCCCOCC(NC(=O)C(CC1CCCCC1)NC(=O)N1CCOCC1)C(=O)C(=O)NCC(=O)OCC. The first-order chi connectivity index (χ1) is 18.3. The summed E-state index contributed by atoms with van der Waals surface area (Å²) < 4.78 is 15.6. The van der Waals surface area contributed by atoms with Crippen molar-refractivity contribution in [3.63, 3.8) is 0 Å². The van der Waals surface area contributed by atoms with Gasteiger partial charge in [-0.1, -0.05) is 45.4 Å². The molecule has 1 saturated heterocycles. The molecule has 0 radical (unpaired) electrons. The third kappa shape index (κ3) is 11.3. The molecule has 4 amide bonds. The first-order valence-electron chi connectivity index (χ1n) is 13.8. The minimum absolute atomic E-state index is 0.144. The Morgan fingerprint density at radius 3 is 2.34 bits per heavy atom. The molecule has 2 rings (SSSR count). The van der Waals surface area contributed by atoms with Crippen LogP contribution in [0.2, 0.25) is 0 Å². The molecule has 0 bridgehead atoms. The van der Waals surface area contributed by atoms with Gasteiger partial charge < -0.3 is 35.1 Å². The van der Waals surface area contributed by atoms with E-state index in [1.54, 1.807) is 11.8 Å². The van der Waals surface area contributed by atoms with Gasteiger partial charge in [-0.25, -0.2) is 4.79 Å². The number of urea groups is 1. The summed E-state index contributed by atoms with van der Waals surface area (Å²) in [5, 5.41) is 7.71. The third-order valence-electron chi connectivity index (χ3n) is 6.69. The maximum Gasteiger partial charge on any atom is 0.325 e. The van der Waals surface area contributed by atoms with Crippen molar-refractivity contribution in [2.45, 2.75) is 77.3 Å². The highest BCUT2D eigenvalue weighted by Gasteiger charge is 2.33. The number of nitrogens with zero attached hydrogens (tertiary/aromatic N) is 1. The molecule has 2 aliphatic rings. The molecule has 2 atom stereocenters. The predicted molar refractivity (Wildman–Crippen MR) is 138 cm³/mol. The van der Waals surface area contributed by atoms with Crippen LogP contribution in [0.5, 0.6) is 0 Å². The van der Waals surface area contributed by atoms with Gasteiger partial charge in [0.15, 0.2) is 0 Å². The molecule has 1 aliphatic carbocycles. The number of carbonyl (C=O) groups excluding carboxylic acids is 5. The van der Waals surface area contributed by atoms with Crippen LogP contribution in [0, 0.1) is 5.92 Å². The quantitative estimate of drug-likeness (QED) is 0.158. The van der Waals surface area contributed by atoms with E-state index in [4.69, 9.17) is 14.2 Å². The predicted octanol–water partition coefficient (Wildman–Crippen LogP) is 0.917. The third-order valence-corrected chi connectivity index (χ3v) is 6.69. The van der Waals surface area contributed by atoms with Gasteiger partial charge in [-0.05, 0) is 25.7 Å². The molecular formula is C26H44N4O8. The minimum atomic E-state index is -1.27. The number of rotatable bonds is 15. The van der Waals surface area contributed by atoms with Gasteiger partial charge in [0.1, 0.15) is 18.6 Å². The summed E-state index contributed by atoms with van der Waals surface area (Å²) in [6, 6.07) is -2.50. The highest BCUT2D eigenvalue weighted by Crippen LogP contribution is 2.27. The molecule has 0 aromatic rings. The van der Waals surface area contributed by atoms with Crippen LogP contribution in [0.1, 0.15) is 65.2 Å². The van der Waals surface area contributed by atoms with Crippen LogP contribution in [0.3, 0.4) is 0 Å². The molecule has 12 nitrogen and oxygen atoms in total. The van der Waals surface area contributed by atoms with Crippen LogP contribution < -0.4 is 16.0 Å². The van der Waals surface area contributed by atoms with Crippen molar-refractivity contribution >= 4 is 29.6 Å². The summed E-state index contributed by atoms with van der Waals surface area (Å²) in [5.74, 6) is -2.91. The van der Waals surface area contributed by atoms with Crippen molar-refractivity contribution in [3.8, 4) is 0 Å². The Bertz CT molecular complexity index is 781. The standard InChI is InChI=1S/C26H44N4O8/c1-3-5-13-37-18-21(23(32)25(34)27-17-22(31)38-4-2)28-24(33)20(16-19-9-7-6-8-10-19)29-26(35)30-11-14-36-15-12-30/h19-21H,3-18H2,1-2H3,(H,27,34)(H,28,33)(H,29,35). The van der Waals surface area contributed by atoms with Gasteiger partial charge in [-0.3, -0.25) is 19.2 Å². The van der Waals surface area contributed by atoms with Gasteiger partial charge in [-0.15, -0.1) is 0 Å². The number of hydrogen-bond donors (Lipinski definition) is 3. The maximum atomic E-state index is 13.4. The summed E-state index contributed by atoms with van der Waals surface area (Å²) in [6.07, 6.45) is 7.30. The van der Waals surface area contributed by atoms with Gasteiger partial charge in [0.25, 0.3) is 5.91 Å². The number of amides is 4. The number of ether oxygens (including phenoxy) is 3. The lowest BCUT2D eigenvalue weighted by molar-refractivity contribution is -0.145. The molecule has 0 aromatic carbocycles. The topological polar surface area (TPSA) is 152 Å². The first kappa shape index (κ1) is 31.5. The van der Waals surface area contributed by atoms with Crippen LogP contribution in [0.4, 0.5) is 4.79 Å². The second-order valence-electron chi connectivity index (χ2n) is 9.68. The highest BCUT2D eigenvalue weighted by atomic mass is 16.5. The second kappa shape index (κ2) is 17.7. The molecule has 2 unspecified atom stereocenters. The summed E-state index contributed by atoms with van der Waals surface area (Å²) >= 11 is 0. The molecule has 1 aliphatic heterocycles. The van der Waals surface area contributed by atoms with E-state index in [1.807, 2.05) is 6.92 Å². The monoisotopic (exact) mass is 540 g/mol.